The monoisotopic (exact) mass is 212 g/mol. The fourth-order valence-corrected chi connectivity index (χ4v) is 1.51. The molecule has 62 valence electrons. The molecular weight excluding hydrogens is 202 g/mol. The third kappa shape index (κ3) is 5.62. The predicted molar refractivity (Wildman–Crippen MR) is 43.3 cm³/mol. The smallest absolute Gasteiger partial charge is 1.00 e. The Morgan fingerprint density at radius 2 is 1.75 bits per heavy atom. The standard InChI is InChI=1S/C7H9O3P.K.H/c8-11(9,10)6-7-4-2-1-3-5-7;;/h1-5H,6H2,(H2,8,9,10);;/q;+1;-1. The molecule has 1 aromatic rings. The van der Waals surface area contributed by atoms with Gasteiger partial charge in [-0.3, -0.25) is 4.57 Å². The Labute approximate surface area is 115 Å². The molecule has 1 aromatic carbocycles. The minimum absolute atomic E-state index is 0. The van der Waals surface area contributed by atoms with Crippen LogP contribution in [0.2, 0.25) is 0 Å². The first-order valence-corrected chi connectivity index (χ1v) is 4.96. The van der Waals surface area contributed by atoms with Gasteiger partial charge in [0.15, 0.2) is 0 Å². The number of hydrogen-bond donors (Lipinski definition) is 2. The van der Waals surface area contributed by atoms with Gasteiger partial charge in [-0.15, -0.1) is 0 Å². The Kier molecular flexibility index (Phi) is 6.15. The van der Waals surface area contributed by atoms with Crippen LogP contribution in [-0.4, -0.2) is 9.79 Å². The molecule has 12 heavy (non-hydrogen) atoms. The van der Waals surface area contributed by atoms with Crippen molar-refractivity contribution >= 4 is 7.60 Å². The molecule has 0 fully saturated rings. The van der Waals surface area contributed by atoms with Gasteiger partial charge in [0.05, 0.1) is 6.16 Å². The second-order valence-corrected chi connectivity index (χ2v) is 3.95. The van der Waals surface area contributed by atoms with Gasteiger partial charge in [-0.25, -0.2) is 0 Å². The van der Waals surface area contributed by atoms with E-state index in [1.54, 1.807) is 24.3 Å². The van der Waals surface area contributed by atoms with Crippen LogP contribution in [0, 0.1) is 0 Å². The van der Waals surface area contributed by atoms with Crippen LogP contribution in [0.15, 0.2) is 30.3 Å². The minimum Gasteiger partial charge on any atom is -1.00 e. The van der Waals surface area contributed by atoms with E-state index in [1.165, 1.54) is 0 Å². The molecule has 0 aromatic heterocycles. The summed E-state index contributed by atoms with van der Waals surface area (Å²) < 4.78 is 10.5. The van der Waals surface area contributed by atoms with Gasteiger partial charge in [-0.05, 0) is 5.56 Å². The summed E-state index contributed by atoms with van der Waals surface area (Å²) in [5.74, 6) is 0. The van der Waals surface area contributed by atoms with E-state index >= 15 is 0 Å². The van der Waals surface area contributed by atoms with Crippen molar-refractivity contribution in [2.45, 2.75) is 6.16 Å². The van der Waals surface area contributed by atoms with Crippen LogP contribution in [0.4, 0.5) is 0 Å². The number of hydrogen-bond acceptors (Lipinski definition) is 1. The maximum absolute atomic E-state index is 10.5. The Balaban J connectivity index is 0. The zero-order valence-electron chi connectivity index (χ0n) is 7.84. The van der Waals surface area contributed by atoms with Crippen LogP contribution in [0.3, 0.4) is 0 Å². The molecule has 0 atom stereocenters. The summed E-state index contributed by atoms with van der Waals surface area (Å²) in [6.45, 7) is 0. The SMILES string of the molecule is O=P(O)(O)Cc1ccccc1.[H-].[K+]. The van der Waals surface area contributed by atoms with Crippen LogP contribution < -0.4 is 51.4 Å². The van der Waals surface area contributed by atoms with E-state index in [0.29, 0.717) is 5.56 Å². The molecule has 5 heteroatoms. The maximum Gasteiger partial charge on any atom is 1.00 e. The molecule has 0 radical (unpaired) electrons. The predicted octanol–water partition coefficient (Wildman–Crippen LogP) is -1.52. The average molecular weight is 212 g/mol. The molecule has 0 aliphatic heterocycles. The quantitative estimate of drug-likeness (QED) is 0.462. The van der Waals surface area contributed by atoms with Gasteiger partial charge >= 0.3 is 59.0 Å². The van der Waals surface area contributed by atoms with Gasteiger partial charge in [0.2, 0.25) is 0 Å². The Morgan fingerprint density at radius 1 is 1.25 bits per heavy atom. The molecule has 2 N–H and O–H groups in total. The molecule has 0 saturated carbocycles. The Morgan fingerprint density at radius 3 is 2.17 bits per heavy atom. The van der Waals surface area contributed by atoms with Crippen LogP contribution in [0.5, 0.6) is 0 Å². The van der Waals surface area contributed by atoms with Gasteiger partial charge in [-0.1, -0.05) is 30.3 Å². The first-order chi connectivity index (χ1) is 5.08. The first-order valence-electron chi connectivity index (χ1n) is 3.16. The topological polar surface area (TPSA) is 57.5 Å². The van der Waals surface area contributed by atoms with E-state index in [0.717, 1.165) is 0 Å². The molecule has 0 unspecified atom stereocenters. The van der Waals surface area contributed by atoms with Crippen LogP contribution in [0.1, 0.15) is 6.99 Å². The second-order valence-electron chi connectivity index (χ2n) is 2.31. The van der Waals surface area contributed by atoms with E-state index in [-0.39, 0.29) is 59.0 Å². The molecule has 0 aliphatic rings. The molecule has 0 aliphatic carbocycles. The van der Waals surface area contributed by atoms with E-state index in [9.17, 15) is 4.57 Å². The molecule has 0 amide bonds. The van der Waals surface area contributed by atoms with Gasteiger partial charge in [0.1, 0.15) is 0 Å². The van der Waals surface area contributed by atoms with E-state index in [4.69, 9.17) is 9.79 Å². The van der Waals surface area contributed by atoms with Gasteiger partial charge in [-0.2, -0.15) is 0 Å². The van der Waals surface area contributed by atoms with Crippen molar-refractivity contribution in [3.05, 3.63) is 35.9 Å². The molecule has 0 bridgehead atoms. The van der Waals surface area contributed by atoms with E-state index in [2.05, 4.69) is 0 Å². The third-order valence-corrected chi connectivity index (χ3v) is 2.01. The molecular formula is C7H10KO3P. The van der Waals surface area contributed by atoms with Crippen molar-refractivity contribution in [1.29, 1.82) is 0 Å². The van der Waals surface area contributed by atoms with Gasteiger partial charge < -0.3 is 11.2 Å². The number of rotatable bonds is 2. The Hall–Kier alpha value is 1.01. The average Bonchev–Trinajstić information content (AvgIpc) is 1.85. The second kappa shape index (κ2) is 5.68. The molecule has 0 saturated heterocycles. The zero-order chi connectivity index (χ0) is 8.32. The van der Waals surface area contributed by atoms with Gasteiger partial charge in [0.25, 0.3) is 0 Å². The largest absolute Gasteiger partial charge is 1.00 e. The van der Waals surface area contributed by atoms with Crippen molar-refractivity contribution in [1.82, 2.24) is 0 Å². The summed E-state index contributed by atoms with van der Waals surface area (Å²) in [7, 11) is -3.89. The summed E-state index contributed by atoms with van der Waals surface area (Å²) in [5, 5.41) is 0. The summed E-state index contributed by atoms with van der Waals surface area (Å²) in [5.41, 5.74) is 0.667. The van der Waals surface area contributed by atoms with Crippen molar-refractivity contribution < 1.29 is 67.2 Å². The van der Waals surface area contributed by atoms with E-state index < -0.39 is 7.60 Å². The van der Waals surface area contributed by atoms with Crippen molar-refractivity contribution in [2.75, 3.05) is 0 Å². The van der Waals surface area contributed by atoms with Crippen LogP contribution >= 0.6 is 7.60 Å². The molecule has 0 heterocycles. The fourth-order valence-electron chi connectivity index (χ4n) is 0.821. The summed E-state index contributed by atoms with van der Waals surface area (Å²) in [6.07, 6.45) is -0.173. The summed E-state index contributed by atoms with van der Waals surface area (Å²) in [6, 6.07) is 8.71. The number of benzene rings is 1. The van der Waals surface area contributed by atoms with Crippen LogP contribution in [-0.2, 0) is 10.7 Å². The van der Waals surface area contributed by atoms with E-state index in [1.807, 2.05) is 6.07 Å². The van der Waals surface area contributed by atoms with Gasteiger partial charge in [0, 0.05) is 0 Å². The zero-order valence-corrected chi connectivity index (χ0v) is 10.9. The normalized spacial score (nSPS) is 10.5. The summed E-state index contributed by atoms with van der Waals surface area (Å²) >= 11 is 0. The molecule has 0 spiro atoms. The first kappa shape index (κ1) is 13.0. The van der Waals surface area contributed by atoms with Crippen LogP contribution in [0.25, 0.3) is 0 Å². The minimum atomic E-state index is -3.89. The third-order valence-electron chi connectivity index (χ3n) is 1.23. The molecule has 1 rings (SSSR count). The Bertz CT molecular complexity index is 274. The van der Waals surface area contributed by atoms with Crippen molar-refractivity contribution in [2.24, 2.45) is 0 Å². The van der Waals surface area contributed by atoms with Crippen molar-refractivity contribution in [3.8, 4) is 0 Å². The van der Waals surface area contributed by atoms with Crippen molar-refractivity contribution in [3.63, 3.8) is 0 Å². The fraction of sp³-hybridized carbons (Fsp3) is 0.143. The molecule has 3 nitrogen and oxygen atoms in total. The maximum atomic E-state index is 10.5. The summed E-state index contributed by atoms with van der Waals surface area (Å²) in [4.78, 5) is 17.2.